The molecule has 0 radical (unpaired) electrons. The molecule has 10 heteroatoms. The number of hydrogen-bond donors (Lipinski definition) is 7. The number of carboxylic acid groups (broad SMARTS) is 1. The number of H-pyrrole nitrogens is 1. The highest BCUT2D eigenvalue weighted by Crippen LogP contribution is 2.19. The lowest BCUT2D eigenvalue weighted by molar-refractivity contribution is -0.142. The van der Waals surface area contributed by atoms with Gasteiger partial charge in [0.15, 0.2) is 0 Å². The predicted molar refractivity (Wildman–Crippen MR) is 116 cm³/mol. The van der Waals surface area contributed by atoms with E-state index in [4.69, 9.17) is 11.5 Å². The van der Waals surface area contributed by atoms with Crippen LogP contribution in [0, 0.1) is 0 Å². The van der Waals surface area contributed by atoms with Crippen molar-refractivity contribution in [3.05, 3.63) is 36.0 Å². The van der Waals surface area contributed by atoms with Gasteiger partial charge in [-0.3, -0.25) is 9.59 Å². The van der Waals surface area contributed by atoms with Crippen molar-refractivity contribution in [2.24, 2.45) is 11.5 Å². The lowest BCUT2D eigenvalue weighted by Gasteiger charge is -2.24. The van der Waals surface area contributed by atoms with Crippen LogP contribution >= 0.6 is 0 Å². The highest BCUT2D eigenvalue weighted by molar-refractivity contribution is 5.92. The molecule has 1 heterocycles. The molecule has 31 heavy (non-hydrogen) atoms. The first kappa shape index (κ1) is 24.3. The number of rotatable bonds is 12. The second-order valence-corrected chi connectivity index (χ2v) is 7.58. The molecule has 0 saturated carbocycles. The minimum absolute atomic E-state index is 0.0319. The molecule has 0 saturated heterocycles. The Morgan fingerprint density at radius 2 is 1.84 bits per heavy atom. The summed E-state index contributed by atoms with van der Waals surface area (Å²) in [5.74, 6) is -2.63. The minimum Gasteiger partial charge on any atom is -0.480 e. The van der Waals surface area contributed by atoms with Crippen LogP contribution in [0.25, 0.3) is 10.9 Å². The number of aromatic amines is 1. The van der Waals surface area contributed by atoms with Crippen LogP contribution in [0.2, 0.25) is 0 Å². The van der Waals surface area contributed by atoms with Crippen molar-refractivity contribution in [3.8, 4) is 0 Å². The maximum atomic E-state index is 12.7. The molecule has 4 atom stereocenters. The predicted octanol–water partition coefficient (Wildman–Crippen LogP) is -0.398. The van der Waals surface area contributed by atoms with E-state index in [0.29, 0.717) is 19.4 Å². The number of nitrogens with one attached hydrogen (secondary N) is 3. The van der Waals surface area contributed by atoms with Crippen molar-refractivity contribution in [2.75, 3.05) is 6.54 Å². The SMILES string of the molecule is CC(O)C(NC(=O)C(N)CCCCN)C(=O)NC(Cc1c[nH]c2ccccc12)C(=O)O. The zero-order valence-electron chi connectivity index (χ0n) is 17.5. The summed E-state index contributed by atoms with van der Waals surface area (Å²) in [5, 5.41) is 25.3. The Labute approximate surface area is 180 Å². The van der Waals surface area contributed by atoms with Gasteiger partial charge in [-0.25, -0.2) is 4.79 Å². The van der Waals surface area contributed by atoms with Crippen molar-refractivity contribution in [3.63, 3.8) is 0 Å². The second kappa shape index (κ2) is 11.4. The van der Waals surface area contributed by atoms with Gasteiger partial charge in [-0.2, -0.15) is 0 Å². The lowest BCUT2D eigenvalue weighted by atomic mass is 10.0. The van der Waals surface area contributed by atoms with Crippen LogP contribution in [0.4, 0.5) is 0 Å². The van der Waals surface area contributed by atoms with Gasteiger partial charge in [-0.1, -0.05) is 24.6 Å². The summed E-state index contributed by atoms with van der Waals surface area (Å²) in [4.78, 5) is 39.8. The second-order valence-electron chi connectivity index (χ2n) is 7.58. The van der Waals surface area contributed by atoms with Gasteiger partial charge in [-0.05, 0) is 37.9 Å². The quantitative estimate of drug-likeness (QED) is 0.222. The summed E-state index contributed by atoms with van der Waals surface area (Å²) in [5.41, 5.74) is 12.8. The maximum absolute atomic E-state index is 12.7. The number of aromatic nitrogens is 1. The Kier molecular flexibility index (Phi) is 8.98. The van der Waals surface area contributed by atoms with Gasteiger partial charge in [0.2, 0.25) is 11.8 Å². The monoisotopic (exact) mass is 433 g/mol. The van der Waals surface area contributed by atoms with Gasteiger partial charge < -0.3 is 37.3 Å². The summed E-state index contributed by atoms with van der Waals surface area (Å²) in [6.45, 7) is 1.82. The molecule has 9 N–H and O–H groups in total. The van der Waals surface area contributed by atoms with Crippen LogP contribution in [-0.4, -0.2) is 63.8 Å². The molecule has 0 fully saturated rings. The molecule has 4 unspecified atom stereocenters. The maximum Gasteiger partial charge on any atom is 0.326 e. The average molecular weight is 434 g/mol. The third kappa shape index (κ3) is 6.78. The Hall–Kier alpha value is -2.95. The number of carboxylic acids is 1. The average Bonchev–Trinajstić information content (AvgIpc) is 3.13. The van der Waals surface area contributed by atoms with E-state index in [-0.39, 0.29) is 6.42 Å². The molecule has 2 amide bonds. The zero-order chi connectivity index (χ0) is 23.0. The van der Waals surface area contributed by atoms with Crippen LogP contribution in [0.3, 0.4) is 0 Å². The molecule has 1 aromatic carbocycles. The third-order valence-electron chi connectivity index (χ3n) is 5.08. The topological polar surface area (TPSA) is 184 Å². The van der Waals surface area contributed by atoms with E-state index < -0.39 is 42.0 Å². The molecule has 170 valence electrons. The first-order valence-corrected chi connectivity index (χ1v) is 10.3. The van der Waals surface area contributed by atoms with Gasteiger partial charge in [0, 0.05) is 23.5 Å². The van der Waals surface area contributed by atoms with E-state index in [9.17, 15) is 24.6 Å². The molecule has 0 spiro atoms. The summed E-state index contributed by atoms with van der Waals surface area (Å²) in [6.07, 6.45) is 2.24. The van der Waals surface area contributed by atoms with Crippen molar-refractivity contribution in [1.82, 2.24) is 15.6 Å². The summed E-state index contributed by atoms with van der Waals surface area (Å²) >= 11 is 0. The molecule has 0 aliphatic carbocycles. The Balaban J connectivity index is 2.06. The molecular formula is C21H31N5O5. The van der Waals surface area contributed by atoms with Gasteiger partial charge in [-0.15, -0.1) is 0 Å². The van der Waals surface area contributed by atoms with Crippen LogP contribution < -0.4 is 22.1 Å². The summed E-state index contributed by atoms with van der Waals surface area (Å²) in [7, 11) is 0. The fourth-order valence-corrected chi connectivity index (χ4v) is 3.29. The van der Waals surface area contributed by atoms with Crippen LogP contribution in [0.15, 0.2) is 30.5 Å². The normalized spacial score (nSPS) is 15.1. The Bertz CT molecular complexity index is 897. The van der Waals surface area contributed by atoms with E-state index in [1.54, 1.807) is 6.20 Å². The number of fused-ring (bicyclic) bond motifs is 1. The van der Waals surface area contributed by atoms with Gasteiger partial charge in [0.1, 0.15) is 12.1 Å². The number of aliphatic hydroxyl groups excluding tert-OH is 1. The van der Waals surface area contributed by atoms with E-state index in [1.165, 1.54) is 6.92 Å². The van der Waals surface area contributed by atoms with Gasteiger partial charge in [0.05, 0.1) is 12.1 Å². The van der Waals surface area contributed by atoms with Gasteiger partial charge in [0.25, 0.3) is 0 Å². The van der Waals surface area contributed by atoms with E-state index in [2.05, 4.69) is 15.6 Å². The van der Waals surface area contributed by atoms with E-state index >= 15 is 0 Å². The first-order chi connectivity index (χ1) is 14.7. The number of carbonyl (C=O) groups is 3. The highest BCUT2D eigenvalue weighted by Gasteiger charge is 2.31. The van der Waals surface area contributed by atoms with Gasteiger partial charge >= 0.3 is 5.97 Å². The van der Waals surface area contributed by atoms with Crippen molar-refractivity contribution in [1.29, 1.82) is 0 Å². The number of hydrogen-bond acceptors (Lipinski definition) is 6. The summed E-state index contributed by atoms with van der Waals surface area (Å²) < 4.78 is 0. The van der Waals surface area contributed by atoms with Crippen LogP contribution in [-0.2, 0) is 20.8 Å². The smallest absolute Gasteiger partial charge is 0.326 e. The zero-order valence-corrected chi connectivity index (χ0v) is 17.5. The lowest BCUT2D eigenvalue weighted by Crippen LogP contribution is -2.58. The number of aliphatic hydroxyl groups is 1. The van der Waals surface area contributed by atoms with Crippen LogP contribution in [0.1, 0.15) is 31.7 Å². The number of aliphatic carboxylic acids is 1. The first-order valence-electron chi connectivity index (χ1n) is 10.3. The highest BCUT2D eigenvalue weighted by atomic mass is 16.4. The fourth-order valence-electron chi connectivity index (χ4n) is 3.29. The number of carbonyl (C=O) groups excluding carboxylic acids is 2. The Morgan fingerprint density at radius 1 is 1.13 bits per heavy atom. The number of benzene rings is 1. The molecular weight excluding hydrogens is 402 g/mol. The fraction of sp³-hybridized carbons (Fsp3) is 0.476. The van der Waals surface area contributed by atoms with Crippen molar-refractivity contribution >= 4 is 28.7 Å². The molecule has 0 aliphatic heterocycles. The molecule has 2 rings (SSSR count). The van der Waals surface area contributed by atoms with Crippen molar-refractivity contribution < 1.29 is 24.6 Å². The van der Waals surface area contributed by atoms with E-state index in [1.807, 2.05) is 24.3 Å². The molecule has 0 bridgehead atoms. The third-order valence-corrected chi connectivity index (χ3v) is 5.08. The van der Waals surface area contributed by atoms with Crippen LogP contribution in [0.5, 0.6) is 0 Å². The standard InChI is InChI=1S/C21H31N5O5/c1-12(27)18(26-19(28)15(23)7-4-5-9-22)20(29)25-17(21(30)31)10-13-11-24-16-8-3-2-6-14(13)16/h2-3,6,8,11-12,15,17-18,24,27H,4-5,7,9-10,22-23H2,1H3,(H,25,29)(H,26,28)(H,30,31). The molecule has 10 nitrogen and oxygen atoms in total. The van der Waals surface area contributed by atoms with Crippen molar-refractivity contribution in [2.45, 2.75) is 56.8 Å². The molecule has 0 aliphatic rings. The number of amides is 2. The molecule has 1 aromatic heterocycles. The minimum atomic E-state index is -1.34. The van der Waals surface area contributed by atoms with E-state index in [0.717, 1.165) is 22.9 Å². The Morgan fingerprint density at radius 3 is 2.48 bits per heavy atom. The number of nitrogens with two attached hydrogens (primary N) is 2. The molecule has 2 aromatic rings. The summed E-state index contributed by atoms with van der Waals surface area (Å²) in [6, 6.07) is 3.97. The largest absolute Gasteiger partial charge is 0.480 e. The number of unbranched alkanes of at least 4 members (excludes halogenated alkanes) is 1. The number of para-hydroxylation sites is 1.